The van der Waals surface area contributed by atoms with Crippen molar-refractivity contribution in [3.05, 3.63) is 66.5 Å². The molecule has 0 radical (unpaired) electrons. The molecule has 3 aromatic rings. The number of nitrogens with zero attached hydrogens (tertiary/aromatic N) is 3. The smallest absolute Gasteiger partial charge is 0.318 e. The average Bonchev–Trinajstić information content (AvgIpc) is 3.33. The second kappa shape index (κ2) is 13.0. The van der Waals surface area contributed by atoms with Gasteiger partial charge >= 0.3 is 6.03 Å². The van der Waals surface area contributed by atoms with E-state index in [0.717, 1.165) is 50.5 Å². The maximum Gasteiger partial charge on any atom is 0.318 e. The van der Waals surface area contributed by atoms with E-state index in [1.807, 2.05) is 30.3 Å². The fourth-order valence-corrected chi connectivity index (χ4v) is 4.67. The summed E-state index contributed by atoms with van der Waals surface area (Å²) in [5, 5.41) is 10.7. The van der Waals surface area contributed by atoms with Crippen LogP contribution in [-0.4, -0.2) is 45.8 Å². The molecule has 1 aliphatic rings. The zero-order valence-corrected chi connectivity index (χ0v) is 21.5. The number of anilines is 1. The average molecular weight is 506 g/mol. The number of amides is 3. The molecule has 1 fully saturated rings. The number of carbonyl (C=O) groups is 2. The van der Waals surface area contributed by atoms with E-state index in [2.05, 4.69) is 22.7 Å². The molecule has 0 unspecified atom stereocenters. The molecule has 0 bridgehead atoms. The Morgan fingerprint density at radius 3 is 2.46 bits per heavy atom. The van der Waals surface area contributed by atoms with Crippen LogP contribution in [0.25, 0.3) is 16.9 Å². The zero-order valence-electron chi connectivity index (χ0n) is 21.5. The number of hydrogen-bond donors (Lipinski definition) is 2. The summed E-state index contributed by atoms with van der Waals surface area (Å²) in [4.78, 5) is 27.9. The van der Waals surface area contributed by atoms with E-state index < -0.39 is 0 Å². The number of urea groups is 1. The Bertz CT molecular complexity index is 1160. The molecular weight excluding hydrogens is 469 g/mol. The van der Waals surface area contributed by atoms with Crippen molar-refractivity contribution < 1.29 is 14.0 Å². The number of carbonyl (C=O) groups excluding carboxylic acids is 2. The lowest BCUT2D eigenvalue weighted by atomic mass is 9.96. The molecule has 1 aromatic heterocycles. The normalized spacial score (nSPS) is 13.8. The summed E-state index contributed by atoms with van der Waals surface area (Å²) in [5.41, 5.74) is 2.19. The van der Waals surface area contributed by atoms with Gasteiger partial charge in [0, 0.05) is 24.2 Å². The molecule has 37 heavy (non-hydrogen) atoms. The predicted octanol–water partition coefficient (Wildman–Crippen LogP) is 6.15. The van der Waals surface area contributed by atoms with Gasteiger partial charge in [-0.3, -0.25) is 4.79 Å². The largest absolute Gasteiger partial charge is 0.335 e. The Kier molecular flexibility index (Phi) is 9.29. The lowest BCUT2D eigenvalue weighted by molar-refractivity contribution is -0.116. The molecule has 1 heterocycles. The van der Waals surface area contributed by atoms with Crippen LogP contribution >= 0.6 is 0 Å². The molecule has 0 atom stereocenters. The van der Waals surface area contributed by atoms with Gasteiger partial charge in [-0.2, -0.15) is 5.10 Å². The van der Waals surface area contributed by atoms with Crippen LogP contribution in [0.3, 0.4) is 0 Å². The van der Waals surface area contributed by atoms with Gasteiger partial charge in [0.25, 0.3) is 0 Å². The Morgan fingerprint density at radius 1 is 1.03 bits per heavy atom. The summed E-state index contributed by atoms with van der Waals surface area (Å²) in [6.07, 6.45) is 8.29. The molecule has 8 heteroatoms. The third kappa shape index (κ3) is 7.41. The van der Waals surface area contributed by atoms with E-state index in [-0.39, 0.29) is 30.3 Å². The van der Waals surface area contributed by atoms with Gasteiger partial charge in [0.1, 0.15) is 18.2 Å². The third-order valence-electron chi connectivity index (χ3n) is 6.70. The number of halogens is 1. The van der Waals surface area contributed by atoms with Crippen molar-refractivity contribution in [1.29, 1.82) is 0 Å². The van der Waals surface area contributed by atoms with Gasteiger partial charge in [-0.15, -0.1) is 0 Å². The van der Waals surface area contributed by atoms with Crippen LogP contribution < -0.4 is 10.6 Å². The maximum atomic E-state index is 13.6. The molecule has 4 rings (SSSR count). The highest BCUT2D eigenvalue weighted by molar-refractivity contribution is 5.94. The first-order valence-electron chi connectivity index (χ1n) is 13.3. The van der Waals surface area contributed by atoms with Crippen LogP contribution in [0.2, 0.25) is 0 Å². The Hall–Kier alpha value is -3.68. The summed E-state index contributed by atoms with van der Waals surface area (Å²) < 4.78 is 15.1. The van der Waals surface area contributed by atoms with E-state index >= 15 is 0 Å². The van der Waals surface area contributed by atoms with Crippen molar-refractivity contribution in [3.8, 4) is 16.9 Å². The van der Waals surface area contributed by atoms with E-state index in [1.165, 1.54) is 18.6 Å². The van der Waals surface area contributed by atoms with E-state index in [9.17, 15) is 14.0 Å². The summed E-state index contributed by atoms with van der Waals surface area (Å²) >= 11 is 0. The minimum absolute atomic E-state index is 0.0580. The predicted molar refractivity (Wildman–Crippen MR) is 144 cm³/mol. The number of nitrogens with one attached hydrogen (secondary N) is 2. The quantitative estimate of drug-likeness (QED) is 0.324. The van der Waals surface area contributed by atoms with E-state index in [4.69, 9.17) is 0 Å². The van der Waals surface area contributed by atoms with Crippen LogP contribution in [0.4, 0.5) is 15.0 Å². The molecule has 1 aliphatic carbocycles. The first kappa shape index (κ1) is 26.4. The summed E-state index contributed by atoms with van der Waals surface area (Å²) in [6.45, 7) is 2.57. The topological polar surface area (TPSA) is 79.3 Å². The lowest BCUT2D eigenvalue weighted by Crippen LogP contribution is -2.48. The van der Waals surface area contributed by atoms with Crippen molar-refractivity contribution in [2.45, 2.75) is 64.3 Å². The molecule has 1 saturated carbocycles. The van der Waals surface area contributed by atoms with Crippen LogP contribution in [-0.2, 0) is 4.79 Å². The van der Waals surface area contributed by atoms with Gasteiger partial charge in [0.05, 0.1) is 11.4 Å². The minimum Gasteiger partial charge on any atom is -0.335 e. The summed E-state index contributed by atoms with van der Waals surface area (Å²) in [7, 11) is 0. The first-order valence-corrected chi connectivity index (χ1v) is 13.3. The highest BCUT2D eigenvalue weighted by Gasteiger charge is 2.22. The van der Waals surface area contributed by atoms with Gasteiger partial charge in [0.15, 0.2) is 0 Å². The second-order valence-electron chi connectivity index (χ2n) is 9.63. The Morgan fingerprint density at radius 2 is 1.76 bits per heavy atom. The Labute approximate surface area is 218 Å². The molecule has 0 spiro atoms. The molecular formula is C29H36FN5O2. The second-order valence-corrected chi connectivity index (χ2v) is 9.63. The molecule has 2 aromatic carbocycles. The molecule has 2 N–H and O–H groups in total. The van der Waals surface area contributed by atoms with E-state index in [1.54, 1.807) is 27.8 Å². The van der Waals surface area contributed by atoms with Crippen molar-refractivity contribution in [2.24, 2.45) is 0 Å². The van der Waals surface area contributed by atoms with Gasteiger partial charge < -0.3 is 15.5 Å². The van der Waals surface area contributed by atoms with Crippen LogP contribution in [0, 0.1) is 5.82 Å². The highest BCUT2D eigenvalue weighted by Crippen LogP contribution is 2.25. The molecule has 196 valence electrons. The van der Waals surface area contributed by atoms with Gasteiger partial charge in [0.2, 0.25) is 5.91 Å². The molecule has 0 aliphatic heterocycles. The maximum absolute atomic E-state index is 13.6. The minimum atomic E-state index is -0.350. The van der Waals surface area contributed by atoms with Crippen molar-refractivity contribution in [1.82, 2.24) is 20.0 Å². The number of aromatic nitrogens is 2. The van der Waals surface area contributed by atoms with Gasteiger partial charge in [-0.05, 0) is 43.5 Å². The molecule has 3 amide bonds. The number of benzene rings is 2. The van der Waals surface area contributed by atoms with Crippen molar-refractivity contribution in [2.75, 3.05) is 18.4 Å². The number of unbranched alkanes of at least 4 members (excludes halogenated alkanes) is 2. The standard InChI is InChI=1S/C29H36FN5O2/c1-2-3-10-19-34(29(37)31-24-13-8-5-9-14-24)21-28(36)32-27-20-26(22-11-6-4-7-12-22)33-35(27)25-17-15-23(30)16-18-25/h4,6-7,11-12,15-18,20,24H,2-3,5,8-10,13-14,19,21H2,1H3,(H,31,37)(H,32,36). The fourth-order valence-electron chi connectivity index (χ4n) is 4.67. The summed E-state index contributed by atoms with van der Waals surface area (Å²) in [6, 6.07) is 17.4. The lowest BCUT2D eigenvalue weighted by Gasteiger charge is -2.28. The van der Waals surface area contributed by atoms with Crippen LogP contribution in [0.15, 0.2) is 60.7 Å². The molecule has 0 saturated heterocycles. The van der Waals surface area contributed by atoms with Crippen LogP contribution in [0.5, 0.6) is 0 Å². The zero-order chi connectivity index (χ0) is 26.0. The van der Waals surface area contributed by atoms with Gasteiger partial charge in [-0.1, -0.05) is 69.4 Å². The van der Waals surface area contributed by atoms with E-state index in [0.29, 0.717) is 23.7 Å². The SMILES string of the molecule is CCCCCN(CC(=O)Nc1cc(-c2ccccc2)nn1-c1ccc(F)cc1)C(=O)NC1CCCCC1. The monoisotopic (exact) mass is 505 g/mol. The van der Waals surface area contributed by atoms with Crippen molar-refractivity contribution in [3.63, 3.8) is 0 Å². The number of hydrogen-bond acceptors (Lipinski definition) is 3. The van der Waals surface area contributed by atoms with Crippen LogP contribution in [0.1, 0.15) is 58.3 Å². The Balaban J connectivity index is 1.51. The van der Waals surface area contributed by atoms with Gasteiger partial charge in [-0.25, -0.2) is 13.9 Å². The third-order valence-corrected chi connectivity index (χ3v) is 6.70. The van der Waals surface area contributed by atoms with Crippen molar-refractivity contribution >= 4 is 17.8 Å². The number of rotatable bonds is 10. The molecule has 7 nitrogen and oxygen atoms in total. The fraction of sp³-hybridized carbons (Fsp3) is 0.414. The first-order chi connectivity index (χ1) is 18.0. The summed E-state index contributed by atoms with van der Waals surface area (Å²) in [5.74, 6) is -0.203. The highest BCUT2D eigenvalue weighted by atomic mass is 19.1.